The van der Waals surface area contributed by atoms with Crippen molar-refractivity contribution in [1.82, 2.24) is 4.90 Å². The Morgan fingerprint density at radius 1 is 1.26 bits per heavy atom. The van der Waals surface area contributed by atoms with Crippen LogP contribution in [0.3, 0.4) is 0 Å². The molecule has 1 N–H and O–H groups in total. The Bertz CT molecular complexity index is 441. The molecule has 19 heavy (non-hydrogen) atoms. The number of halogens is 1. The molecular weight excluding hydrogens is 262 g/mol. The van der Waals surface area contributed by atoms with E-state index < -0.39 is 5.97 Å². The van der Waals surface area contributed by atoms with Gasteiger partial charge in [-0.25, -0.2) is 4.79 Å². The molecule has 0 spiro atoms. The van der Waals surface area contributed by atoms with Crippen molar-refractivity contribution in [3.8, 4) is 0 Å². The summed E-state index contributed by atoms with van der Waals surface area (Å²) < 4.78 is 0. The highest BCUT2D eigenvalue weighted by Crippen LogP contribution is 2.18. The maximum absolute atomic E-state index is 11.2. The number of nitrogens with zero attached hydrogens (tertiary/aromatic N) is 1. The highest BCUT2D eigenvalue weighted by atomic mass is 35.5. The molecule has 1 aromatic carbocycles. The first-order valence-electron chi connectivity index (χ1n) is 6.06. The molecule has 0 saturated heterocycles. The summed E-state index contributed by atoms with van der Waals surface area (Å²) in [6.07, 6.45) is 0.679. The van der Waals surface area contributed by atoms with Gasteiger partial charge in [-0.15, -0.1) is 12.4 Å². The molecule has 4 heteroatoms. The van der Waals surface area contributed by atoms with Crippen molar-refractivity contribution in [2.75, 3.05) is 14.1 Å². The van der Waals surface area contributed by atoms with Crippen molar-refractivity contribution in [2.24, 2.45) is 0 Å². The number of hydrogen-bond donors (Lipinski definition) is 1. The molecule has 0 heterocycles. The van der Waals surface area contributed by atoms with Crippen LogP contribution in [0.1, 0.15) is 19.4 Å². The summed E-state index contributed by atoms with van der Waals surface area (Å²) >= 11 is 0. The highest BCUT2D eigenvalue weighted by molar-refractivity contribution is 5.87. The first-order chi connectivity index (χ1) is 8.43. The Morgan fingerprint density at radius 2 is 1.79 bits per heavy atom. The third kappa shape index (κ3) is 5.05. The number of aliphatic carboxylic acids is 1. The van der Waals surface area contributed by atoms with Gasteiger partial charge in [0.15, 0.2) is 0 Å². The predicted octanol–water partition coefficient (Wildman–Crippen LogP) is 3.00. The second-order valence-electron chi connectivity index (χ2n) is 4.76. The number of benzene rings is 1. The summed E-state index contributed by atoms with van der Waals surface area (Å²) in [5.74, 6) is -0.838. The second kappa shape index (κ2) is 7.97. The van der Waals surface area contributed by atoms with Gasteiger partial charge in [-0.2, -0.15) is 0 Å². The van der Waals surface area contributed by atoms with Crippen LogP contribution >= 0.6 is 12.4 Å². The monoisotopic (exact) mass is 283 g/mol. The van der Waals surface area contributed by atoms with Crippen LogP contribution in [-0.4, -0.2) is 36.1 Å². The lowest BCUT2D eigenvalue weighted by atomic mass is 9.94. The van der Waals surface area contributed by atoms with Gasteiger partial charge < -0.3 is 10.0 Å². The maximum atomic E-state index is 11.2. The predicted molar refractivity (Wildman–Crippen MR) is 80.9 cm³/mol. The van der Waals surface area contributed by atoms with Gasteiger partial charge in [0, 0.05) is 11.6 Å². The summed E-state index contributed by atoms with van der Waals surface area (Å²) in [5.41, 5.74) is 2.54. The molecule has 3 nitrogen and oxygen atoms in total. The van der Waals surface area contributed by atoms with E-state index in [-0.39, 0.29) is 18.4 Å². The average Bonchev–Trinajstić information content (AvgIpc) is 2.35. The van der Waals surface area contributed by atoms with E-state index in [2.05, 4.69) is 0 Å². The molecule has 0 saturated carbocycles. The van der Waals surface area contributed by atoms with Crippen molar-refractivity contribution in [3.63, 3.8) is 0 Å². The molecule has 0 aliphatic carbocycles. The molecule has 0 aliphatic heterocycles. The molecule has 1 unspecified atom stereocenters. The topological polar surface area (TPSA) is 40.5 Å². The fourth-order valence-corrected chi connectivity index (χ4v) is 1.86. The Kier molecular flexibility index (Phi) is 7.42. The summed E-state index contributed by atoms with van der Waals surface area (Å²) in [4.78, 5) is 13.2. The van der Waals surface area contributed by atoms with Gasteiger partial charge >= 0.3 is 5.97 Å². The molecule has 0 fully saturated rings. The lowest BCUT2D eigenvalue weighted by Crippen LogP contribution is -2.29. The molecule has 0 radical (unpaired) electrons. The number of carboxylic acids is 1. The zero-order valence-corrected chi connectivity index (χ0v) is 12.7. The quantitative estimate of drug-likeness (QED) is 0.845. The molecule has 0 aliphatic rings. The van der Waals surface area contributed by atoms with Crippen molar-refractivity contribution in [3.05, 3.63) is 47.0 Å². The molecule has 1 atom stereocenters. The zero-order chi connectivity index (χ0) is 13.7. The minimum Gasteiger partial charge on any atom is -0.478 e. The Hall–Kier alpha value is -1.32. The van der Waals surface area contributed by atoms with E-state index in [1.807, 2.05) is 56.3 Å². The van der Waals surface area contributed by atoms with Gasteiger partial charge in [-0.05, 0) is 45.5 Å². The second-order valence-corrected chi connectivity index (χ2v) is 4.76. The minimum absolute atomic E-state index is 0. The van der Waals surface area contributed by atoms with Crippen molar-refractivity contribution >= 4 is 18.4 Å². The van der Waals surface area contributed by atoms with Crippen molar-refractivity contribution < 1.29 is 9.90 Å². The van der Waals surface area contributed by atoms with Gasteiger partial charge in [0.2, 0.25) is 0 Å². The van der Waals surface area contributed by atoms with Crippen LogP contribution in [0.5, 0.6) is 0 Å². The van der Waals surface area contributed by atoms with Crippen LogP contribution in [0.4, 0.5) is 0 Å². The minimum atomic E-state index is -0.838. The van der Waals surface area contributed by atoms with Crippen molar-refractivity contribution in [2.45, 2.75) is 26.3 Å². The van der Waals surface area contributed by atoms with Crippen LogP contribution < -0.4 is 0 Å². The molecule has 0 aromatic heterocycles. The van der Waals surface area contributed by atoms with Crippen LogP contribution in [0, 0.1) is 0 Å². The standard InChI is InChI=1S/C15H21NO2.ClH/c1-11(15(17)18)14(12(2)16(3)4)10-13-8-6-5-7-9-13;/h5-9,12H,10H2,1-4H3,(H,17,18);1H. The largest absolute Gasteiger partial charge is 0.478 e. The van der Waals surface area contributed by atoms with Crippen LogP contribution in [0.15, 0.2) is 41.5 Å². The van der Waals surface area contributed by atoms with Crippen LogP contribution in [0.2, 0.25) is 0 Å². The van der Waals surface area contributed by atoms with Gasteiger partial charge in [0.1, 0.15) is 0 Å². The van der Waals surface area contributed by atoms with Gasteiger partial charge in [0.05, 0.1) is 0 Å². The number of likely N-dealkylation sites (N-methyl/N-ethyl adjacent to an activating group) is 1. The molecule has 0 amide bonds. The highest BCUT2D eigenvalue weighted by Gasteiger charge is 2.17. The third-order valence-corrected chi connectivity index (χ3v) is 3.32. The van der Waals surface area contributed by atoms with Crippen LogP contribution in [-0.2, 0) is 11.2 Å². The van der Waals surface area contributed by atoms with Crippen molar-refractivity contribution in [1.29, 1.82) is 0 Å². The SMILES string of the molecule is CC(C(=O)O)=C(Cc1ccccc1)C(C)N(C)C.Cl. The number of carbonyl (C=O) groups is 1. The van der Waals surface area contributed by atoms with E-state index in [4.69, 9.17) is 0 Å². The van der Waals surface area contributed by atoms with E-state index in [1.54, 1.807) is 6.92 Å². The van der Waals surface area contributed by atoms with E-state index in [0.29, 0.717) is 12.0 Å². The zero-order valence-electron chi connectivity index (χ0n) is 11.9. The molecule has 106 valence electrons. The molecule has 1 aromatic rings. The molecule has 1 rings (SSSR count). The molecule has 0 bridgehead atoms. The van der Waals surface area contributed by atoms with E-state index >= 15 is 0 Å². The Morgan fingerprint density at radius 3 is 2.21 bits per heavy atom. The smallest absolute Gasteiger partial charge is 0.331 e. The Balaban J connectivity index is 0.00000324. The lowest BCUT2D eigenvalue weighted by Gasteiger charge is -2.24. The fraction of sp³-hybridized carbons (Fsp3) is 0.400. The third-order valence-electron chi connectivity index (χ3n) is 3.32. The average molecular weight is 284 g/mol. The number of carboxylic acid groups (broad SMARTS) is 1. The summed E-state index contributed by atoms with van der Waals surface area (Å²) in [6, 6.07) is 10.1. The van der Waals surface area contributed by atoms with Gasteiger partial charge in [-0.3, -0.25) is 0 Å². The van der Waals surface area contributed by atoms with E-state index in [0.717, 1.165) is 11.1 Å². The van der Waals surface area contributed by atoms with E-state index in [9.17, 15) is 9.90 Å². The number of hydrogen-bond acceptors (Lipinski definition) is 2. The van der Waals surface area contributed by atoms with E-state index in [1.165, 1.54) is 0 Å². The van der Waals surface area contributed by atoms with Gasteiger partial charge in [-0.1, -0.05) is 30.3 Å². The lowest BCUT2D eigenvalue weighted by molar-refractivity contribution is -0.132. The number of rotatable bonds is 5. The summed E-state index contributed by atoms with van der Waals surface area (Å²) in [5, 5.41) is 9.18. The fourth-order valence-electron chi connectivity index (χ4n) is 1.86. The normalized spacial score (nSPS) is 13.5. The summed E-state index contributed by atoms with van der Waals surface area (Å²) in [6.45, 7) is 3.71. The summed E-state index contributed by atoms with van der Waals surface area (Å²) in [7, 11) is 3.93. The van der Waals surface area contributed by atoms with Crippen LogP contribution in [0.25, 0.3) is 0 Å². The first kappa shape index (κ1) is 17.7. The first-order valence-corrected chi connectivity index (χ1v) is 6.06. The molecular formula is C15H22ClNO2. The van der Waals surface area contributed by atoms with Gasteiger partial charge in [0.25, 0.3) is 0 Å². The maximum Gasteiger partial charge on any atom is 0.331 e. The Labute approximate surface area is 121 Å².